The smallest absolute Gasteiger partial charge is 0.136 e. The third kappa shape index (κ3) is 1.33. The lowest BCUT2D eigenvalue weighted by Crippen LogP contribution is -1.80. The van der Waals surface area contributed by atoms with Crippen molar-refractivity contribution in [1.29, 1.82) is 0 Å². The Kier molecular flexibility index (Phi) is 2.01. The second-order valence-electron chi connectivity index (χ2n) is 3.63. The summed E-state index contributed by atoms with van der Waals surface area (Å²) in [6.45, 7) is 0. The molecule has 3 rings (SSSR count). The summed E-state index contributed by atoms with van der Waals surface area (Å²) in [5.74, 6) is -1.12. The lowest BCUT2D eigenvalue weighted by atomic mass is 10.1. The molecular formula is C12H6BrF2N. The average molecular weight is 282 g/mol. The van der Waals surface area contributed by atoms with Crippen molar-refractivity contribution >= 4 is 37.7 Å². The van der Waals surface area contributed by atoms with Crippen LogP contribution in [0.2, 0.25) is 0 Å². The first-order valence-corrected chi connectivity index (χ1v) is 5.50. The Morgan fingerprint density at radius 1 is 1.00 bits per heavy atom. The van der Waals surface area contributed by atoms with Crippen LogP contribution in [0.3, 0.4) is 0 Å². The van der Waals surface area contributed by atoms with Gasteiger partial charge in [-0.15, -0.1) is 0 Å². The van der Waals surface area contributed by atoms with E-state index >= 15 is 0 Å². The van der Waals surface area contributed by atoms with Gasteiger partial charge >= 0.3 is 0 Å². The molecule has 0 saturated heterocycles. The lowest BCUT2D eigenvalue weighted by Gasteiger charge is -1.95. The van der Waals surface area contributed by atoms with Crippen LogP contribution in [0.25, 0.3) is 21.8 Å². The van der Waals surface area contributed by atoms with Crippen LogP contribution in [0.5, 0.6) is 0 Å². The molecule has 0 radical (unpaired) electrons. The van der Waals surface area contributed by atoms with Gasteiger partial charge in [0.15, 0.2) is 0 Å². The fourth-order valence-electron chi connectivity index (χ4n) is 1.92. The summed E-state index contributed by atoms with van der Waals surface area (Å²) >= 11 is 3.33. The largest absolute Gasteiger partial charge is 0.354 e. The Labute approximate surface area is 98.2 Å². The highest BCUT2D eigenvalue weighted by atomic mass is 79.9. The number of hydrogen-bond acceptors (Lipinski definition) is 0. The van der Waals surface area contributed by atoms with Gasteiger partial charge in [-0.25, -0.2) is 8.78 Å². The van der Waals surface area contributed by atoms with Crippen LogP contribution in [0.4, 0.5) is 8.78 Å². The zero-order chi connectivity index (χ0) is 11.3. The second-order valence-corrected chi connectivity index (χ2v) is 4.54. The molecule has 3 aromatic rings. The minimum atomic E-state index is -0.573. The highest BCUT2D eigenvalue weighted by molar-refractivity contribution is 9.10. The van der Waals surface area contributed by atoms with Gasteiger partial charge < -0.3 is 4.98 Å². The number of benzene rings is 2. The molecule has 80 valence electrons. The van der Waals surface area contributed by atoms with Crippen LogP contribution < -0.4 is 0 Å². The van der Waals surface area contributed by atoms with E-state index in [1.165, 1.54) is 6.07 Å². The van der Waals surface area contributed by atoms with E-state index in [2.05, 4.69) is 20.9 Å². The van der Waals surface area contributed by atoms with Crippen molar-refractivity contribution in [3.8, 4) is 0 Å². The molecule has 0 bridgehead atoms. The van der Waals surface area contributed by atoms with E-state index in [4.69, 9.17) is 0 Å². The summed E-state index contributed by atoms with van der Waals surface area (Å²) in [6, 6.07) is 7.70. The quantitative estimate of drug-likeness (QED) is 0.630. The summed E-state index contributed by atoms with van der Waals surface area (Å²) in [5.41, 5.74) is 1.27. The Morgan fingerprint density at radius 3 is 2.62 bits per heavy atom. The highest BCUT2D eigenvalue weighted by Crippen LogP contribution is 2.30. The normalized spacial score (nSPS) is 11.4. The molecule has 0 aliphatic heterocycles. The predicted octanol–water partition coefficient (Wildman–Crippen LogP) is 4.36. The summed E-state index contributed by atoms with van der Waals surface area (Å²) in [4.78, 5) is 2.99. The van der Waals surface area contributed by atoms with Crippen molar-refractivity contribution in [3.05, 3.63) is 46.4 Å². The van der Waals surface area contributed by atoms with Crippen LogP contribution in [0.15, 0.2) is 34.8 Å². The molecule has 0 spiro atoms. The van der Waals surface area contributed by atoms with Gasteiger partial charge in [-0.1, -0.05) is 15.9 Å². The molecule has 0 aliphatic carbocycles. The molecule has 1 nitrogen and oxygen atoms in total. The summed E-state index contributed by atoms with van der Waals surface area (Å²) in [7, 11) is 0. The number of rotatable bonds is 0. The van der Waals surface area contributed by atoms with Crippen LogP contribution in [-0.2, 0) is 0 Å². The SMILES string of the molecule is Fc1cc(F)c2c(c1)[nH]c1ccc(Br)cc12. The van der Waals surface area contributed by atoms with Crippen LogP contribution in [0.1, 0.15) is 0 Å². The Hall–Kier alpha value is -1.42. The fraction of sp³-hybridized carbons (Fsp3) is 0. The van der Waals surface area contributed by atoms with Crippen LogP contribution in [0, 0.1) is 11.6 Å². The number of aromatic nitrogens is 1. The maximum Gasteiger partial charge on any atom is 0.136 e. The van der Waals surface area contributed by atoms with Gasteiger partial charge in [-0.3, -0.25) is 0 Å². The average Bonchev–Trinajstić information content (AvgIpc) is 2.54. The Bertz CT molecular complexity index is 703. The van der Waals surface area contributed by atoms with Crippen LogP contribution in [-0.4, -0.2) is 4.98 Å². The van der Waals surface area contributed by atoms with E-state index in [9.17, 15) is 8.78 Å². The molecule has 2 aromatic carbocycles. The molecule has 1 N–H and O–H groups in total. The van der Waals surface area contributed by atoms with Gasteiger partial charge in [0.2, 0.25) is 0 Å². The number of nitrogens with one attached hydrogen (secondary N) is 1. The molecule has 16 heavy (non-hydrogen) atoms. The van der Waals surface area contributed by atoms with Gasteiger partial charge in [0.25, 0.3) is 0 Å². The van der Waals surface area contributed by atoms with E-state index in [1.807, 2.05) is 18.2 Å². The molecule has 0 atom stereocenters. The van der Waals surface area contributed by atoms with Crippen LogP contribution >= 0.6 is 15.9 Å². The molecule has 1 heterocycles. The Balaban J connectivity index is 2.57. The third-order valence-electron chi connectivity index (χ3n) is 2.58. The zero-order valence-electron chi connectivity index (χ0n) is 8.02. The molecule has 0 aliphatic rings. The van der Waals surface area contributed by atoms with Gasteiger partial charge in [0.1, 0.15) is 11.6 Å². The second kappa shape index (κ2) is 3.28. The molecular weight excluding hydrogens is 276 g/mol. The molecule has 0 amide bonds. The van der Waals surface area contributed by atoms with Crippen molar-refractivity contribution in [3.63, 3.8) is 0 Å². The molecule has 0 unspecified atom stereocenters. The third-order valence-corrected chi connectivity index (χ3v) is 3.07. The number of fused-ring (bicyclic) bond motifs is 3. The van der Waals surface area contributed by atoms with Crippen molar-refractivity contribution in [2.45, 2.75) is 0 Å². The summed E-state index contributed by atoms with van der Waals surface area (Å²) in [5, 5.41) is 1.18. The van der Waals surface area contributed by atoms with E-state index in [1.54, 1.807) is 0 Å². The number of aromatic amines is 1. The van der Waals surface area contributed by atoms with E-state index < -0.39 is 11.6 Å². The van der Waals surface area contributed by atoms with Gasteiger partial charge in [-0.05, 0) is 24.3 Å². The number of halogens is 3. The Morgan fingerprint density at radius 2 is 1.81 bits per heavy atom. The van der Waals surface area contributed by atoms with Crippen molar-refractivity contribution in [2.24, 2.45) is 0 Å². The van der Waals surface area contributed by atoms with Crippen molar-refractivity contribution in [1.82, 2.24) is 4.98 Å². The molecule has 1 aromatic heterocycles. The first-order valence-electron chi connectivity index (χ1n) is 4.71. The minimum Gasteiger partial charge on any atom is -0.354 e. The monoisotopic (exact) mass is 281 g/mol. The fourth-order valence-corrected chi connectivity index (χ4v) is 2.28. The first kappa shape index (κ1) is 9.78. The lowest BCUT2D eigenvalue weighted by molar-refractivity contribution is 0.592. The van der Waals surface area contributed by atoms with Gasteiger partial charge in [0, 0.05) is 26.8 Å². The minimum absolute atomic E-state index is 0.428. The summed E-state index contributed by atoms with van der Waals surface area (Å²) in [6.07, 6.45) is 0. The molecule has 0 fully saturated rings. The zero-order valence-corrected chi connectivity index (χ0v) is 9.61. The van der Waals surface area contributed by atoms with Crippen molar-refractivity contribution < 1.29 is 8.78 Å². The topological polar surface area (TPSA) is 15.8 Å². The highest BCUT2D eigenvalue weighted by Gasteiger charge is 2.10. The maximum absolute atomic E-state index is 13.7. The standard InChI is InChI=1S/C12H6BrF2N/c13-6-1-2-10-8(3-6)12-9(15)4-7(14)5-11(12)16-10/h1-5,16H. The van der Waals surface area contributed by atoms with E-state index in [-0.39, 0.29) is 0 Å². The van der Waals surface area contributed by atoms with E-state index in [0.29, 0.717) is 10.9 Å². The maximum atomic E-state index is 13.7. The van der Waals surface area contributed by atoms with E-state index in [0.717, 1.165) is 21.4 Å². The molecule has 4 heteroatoms. The molecule has 0 saturated carbocycles. The van der Waals surface area contributed by atoms with Crippen molar-refractivity contribution in [2.75, 3.05) is 0 Å². The first-order chi connectivity index (χ1) is 7.65. The summed E-state index contributed by atoms with van der Waals surface area (Å²) < 4.78 is 27.6. The number of hydrogen-bond donors (Lipinski definition) is 1. The van der Waals surface area contributed by atoms with Gasteiger partial charge in [-0.2, -0.15) is 0 Å². The number of H-pyrrole nitrogens is 1. The predicted molar refractivity (Wildman–Crippen MR) is 63.4 cm³/mol. The van der Waals surface area contributed by atoms with Gasteiger partial charge in [0.05, 0.1) is 5.52 Å².